The van der Waals surface area contributed by atoms with Gasteiger partial charge in [0, 0.05) is 24.1 Å². The van der Waals surface area contributed by atoms with Crippen molar-refractivity contribution in [1.82, 2.24) is 20.1 Å². The zero-order valence-electron chi connectivity index (χ0n) is 12.8. The van der Waals surface area contributed by atoms with Crippen LogP contribution in [0.15, 0.2) is 24.5 Å². The highest BCUT2D eigenvalue weighted by Gasteiger charge is 2.12. The third-order valence-electron chi connectivity index (χ3n) is 3.50. The standard InChI is InChI=1S/C16H24N4/c1-12(2)18-9-5-6-16-13(3)19-20(14(16)4)15-7-10-17-11-8-15/h7-8,10-12,18H,5-6,9H2,1-4H3. The second-order valence-corrected chi connectivity index (χ2v) is 5.48. The van der Waals surface area contributed by atoms with Crippen molar-refractivity contribution in [3.63, 3.8) is 0 Å². The SMILES string of the molecule is Cc1nn(-c2ccncc2)c(C)c1CCCNC(C)C. The molecular weight excluding hydrogens is 248 g/mol. The molecular formula is C16H24N4. The second-order valence-electron chi connectivity index (χ2n) is 5.48. The number of pyridine rings is 1. The lowest BCUT2D eigenvalue weighted by Gasteiger charge is -2.08. The lowest BCUT2D eigenvalue weighted by molar-refractivity contribution is 0.570. The zero-order valence-corrected chi connectivity index (χ0v) is 12.8. The minimum atomic E-state index is 0.553. The van der Waals surface area contributed by atoms with Crippen LogP contribution < -0.4 is 5.32 Å². The molecule has 0 aromatic carbocycles. The maximum atomic E-state index is 4.66. The minimum absolute atomic E-state index is 0.553. The highest BCUT2D eigenvalue weighted by atomic mass is 15.3. The fraction of sp³-hybridized carbons (Fsp3) is 0.500. The van der Waals surface area contributed by atoms with E-state index in [2.05, 4.69) is 43.1 Å². The Morgan fingerprint density at radius 1 is 1.20 bits per heavy atom. The molecule has 20 heavy (non-hydrogen) atoms. The fourth-order valence-electron chi connectivity index (χ4n) is 2.43. The summed E-state index contributed by atoms with van der Waals surface area (Å²) in [6, 6.07) is 4.53. The van der Waals surface area contributed by atoms with Gasteiger partial charge in [0.25, 0.3) is 0 Å². The van der Waals surface area contributed by atoms with E-state index in [-0.39, 0.29) is 0 Å². The van der Waals surface area contributed by atoms with Gasteiger partial charge in [0.2, 0.25) is 0 Å². The van der Waals surface area contributed by atoms with E-state index in [9.17, 15) is 0 Å². The lowest BCUT2D eigenvalue weighted by Crippen LogP contribution is -2.24. The zero-order chi connectivity index (χ0) is 14.5. The van der Waals surface area contributed by atoms with Crippen LogP contribution in [0.25, 0.3) is 5.69 Å². The molecule has 2 heterocycles. The van der Waals surface area contributed by atoms with Gasteiger partial charge in [-0.2, -0.15) is 5.10 Å². The molecule has 0 spiro atoms. The molecule has 0 atom stereocenters. The van der Waals surface area contributed by atoms with Gasteiger partial charge in [-0.3, -0.25) is 4.98 Å². The van der Waals surface area contributed by atoms with E-state index in [4.69, 9.17) is 0 Å². The van der Waals surface area contributed by atoms with Gasteiger partial charge in [-0.05, 0) is 50.9 Å². The Kier molecular flexibility index (Phi) is 4.90. The molecule has 2 aromatic heterocycles. The van der Waals surface area contributed by atoms with Crippen LogP contribution in [0.1, 0.15) is 37.2 Å². The molecule has 0 fully saturated rings. The Labute approximate surface area is 121 Å². The molecule has 0 aliphatic rings. The molecule has 0 saturated heterocycles. The summed E-state index contributed by atoms with van der Waals surface area (Å²) in [5.41, 5.74) is 4.81. The van der Waals surface area contributed by atoms with Gasteiger partial charge in [-0.15, -0.1) is 0 Å². The summed E-state index contributed by atoms with van der Waals surface area (Å²) in [5.74, 6) is 0. The molecule has 108 valence electrons. The smallest absolute Gasteiger partial charge is 0.0679 e. The highest BCUT2D eigenvalue weighted by molar-refractivity contribution is 5.35. The molecule has 2 aromatic rings. The molecule has 0 saturated carbocycles. The Balaban J connectivity index is 2.09. The van der Waals surface area contributed by atoms with Crippen LogP contribution in [0.5, 0.6) is 0 Å². The number of hydrogen-bond donors (Lipinski definition) is 1. The summed E-state index contributed by atoms with van der Waals surface area (Å²) in [5, 5.41) is 8.12. The largest absolute Gasteiger partial charge is 0.315 e. The Bertz CT molecular complexity index is 543. The topological polar surface area (TPSA) is 42.7 Å². The third kappa shape index (κ3) is 3.45. The van der Waals surface area contributed by atoms with E-state index in [1.54, 1.807) is 12.4 Å². The van der Waals surface area contributed by atoms with E-state index < -0.39 is 0 Å². The predicted octanol–water partition coefficient (Wildman–Crippen LogP) is 2.81. The second kappa shape index (κ2) is 6.66. The molecule has 0 bridgehead atoms. The van der Waals surface area contributed by atoms with E-state index >= 15 is 0 Å². The summed E-state index contributed by atoms with van der Waals surface area (Å²) in [6.45, 7) is 9.65. The minimum Gasteiger partial charge on any atom is -0.315 e. The molecule has 4 nitrogen and oxygen atoms in total. The van der Waals surface area contributed by atoms with Crippen LogP contribution >= 0.6 is 0 Å². The number of hydrogen-bond acceptors (Lipinski definition) is 3. The number of nitrogens with one attached hydrogen (secondary N) is 1. The summed E-state index contributed by atoms with van der Waals surface area (Å²) < 4.78 is 2.02. The predicted molar refractivity (Wildman–Crippen MR) is 82.3 cm³/mol. The Hall–Kier alpha value is -1.68. The molecule has 2 rings (SSSR count). The molecule has 0 aliphatic carbocycles. The fourth-order valence-corrected chi connectivity index (χ4v) is 2.43. The molecule has 0 radical (unpaired) electrons. The maximum Gasteiger partial charge on any atom is 0.0679 e. The van der Waals surface area contributed by atoms with Crippen molar-refractivity contribution in [1.29, 1.82) is 0 Å². The summed E-state index contributed by atoms with van der Waals surface area (Å²) in [7, 11) is 0. The maximum absolute atomic E-state index is 4.66. The van der Waals surface area contributed by atoms with Crippen molar-refractivity contribution in [2.24, 2.45) is 0 Å². The van der Waals surface area contributed by atoms with Crippen LogP contribution in [-0.2, 0) is 6.42 Å². The van der Waals surface area contributed by atoms with Gasteiger partial charge in [0.05, 0.1) is 11.4 Å². The first-order chi connectivity index (χ1) is 9.59. The number of rotatable bonds is 6. The van der Waals surface area contributed by atoms with Gasteiger partial charge >= 0.3 is 0 Å². The van der Waals surface area contributed by atoms with Crippen LogP contribution in [-0.4, -0.2) is 27.4 Å². The highest BCUT2D eigenvalue weighted by Crippen LogP contribution is 2.18. The number of aromatic nitrogens is 3. The van der Waals surface area contributed by atoms with Gasteiger partial charge in [0.15, 0.2) is 0 Å². The quantitative estimate of drug-likeness (QED) is 0.822. The lowest BCUT2D eigenvalue weighted by atomic mass is 10.1. The average molecular weight is 272 g/mol. The van der Waals surface area contributed by atoms with Crippen molar-refractivity contribution in [3.05, 3.63) is 41.5 Å². The summed E-state index contributed by atoms with van der Waals surface area (Å²) >= 11 is 0. The monoisotopic (exact) mass is 272 g/mol. The van der Waals surface area contributed by atoms with Crippen molar-refractivity contribution >= 4 is 0 Å². The van der Waals surface area contributed by atoms with E-state index in [1.165, 1.54) is 11.3 Å². The van der Waals surface area contributed by atoms with Crippen molar-refractivity contribution < 1.29 is 0 Å². The molecule has 0 aliphatic heterocycles. The van der Waals surface area contributed by atoms with E-state index in [1.807, 2.05) is 16.8 Å². The first kappa shape index (κ1) is 14.7. The summed E-state index contributed by atoms with van der Waals surface area (Å²) in [4.78, 5) is 4.06. The van der Waals surface area contributed by atoms with Crippen LogP contribution in [0.2, 0.25) is 0 Å². The van der Waals surface area contributed by atoms with Gasteiger partial charge in [0.1, 0.15) is 0 Å². The Morgan fingerprint density at radius 2 is 1.90 bits per heavy atom. The van der Waals surface area contributed by atoms with Crippen LogP contribution in [0.3, 0.4) is 0 Å². The Morgan fingerprint density at radius 3 is 2.55 bits per heavy atom. The van der Waals surface area contributed by atoms with Gasteiger partial charge in [-0.1, -0.05) is 13.8 Å². The number of nitrogens with zero attached hydrogens (tertiary/aromatic N) is 3. The van der Waals surface area contributed by atoms with Crippen molar-refractivity contribution in [3.8, 4) is 5.69 Å². The normalized spacial score (nSPS) is 11.2. The van der Waals surface area contributed by atoms with Crippen molar-refractivity contribution in [2.75, 3.05) is 6.54 Å². The molecule has 1 N–H and O–H groups in total. The molecule has 4 heteroatoms. The van der Waals surface area contributed by atoms with Crippen molar-refractivity contribution in [2.45, 2.75) is 46.6 Å². The van der Waals surface area contributed by atoms with E-state index in [0.29, 0.717) is 6.04 Å². The number of aryl methyl sites for hydroxylation is 1. The van der Waals surface area contributed by atoms with E-state index in [0.717, 1.165) is 30.8 Å². The van der Waals surface area contributed by atoms with Crippen LogP contribution in [0.4, 0.5) is 0 Å². The summed E-state index contributed by atoms with van der Waals surface area (Å²) in [6.07, 6.45) is 5.82. The molecule has 0 unspecified atom stereocenters. The first-order valence-corrected chi connectivity index (χ1v) is 7.28. The van der Waals surface area contributed by atoms with Gasteiger partial charge < -0.3 is 5.32 Å². The molecule has 0 amide bonds. The average Bonchev–Trinajstić information content (AvgIpc) is 2.71. The first-order valence-electron chi connectivity index (χ1n) is 7.28. The van der Waals surface area contributed by atoms with Gasteiger partial charge in [-0.25, -0.2) is 4.68 Å². The van der Waals surface area contributed by atoms with Crippen LogP contribution in [0, 0.1) is 13.8 Å². The third-order valence-corrected chi connectivity index (χ3v) is 3.50.